The molecule has 19 heavy (non-hydrogen) atoms. The van der Waals surface area contributed by atoms with Gasteiger partial charge in [-0.2, -0.15) is 0 Å². The number of aromatic nitrogens is 2. The smallest absolute Gasteiger partial charge is 0.127 e. The van der Waals surface area contributed by atoms with E-state index >= 15 is 0 Å². The van der Waals surface area contributed by atoms with Gasteiger partial charge in [-0.25, -0.2) is 4.98 Å². The minimum Gasteiger partial charge on any atom is -0.385 e. The number of halogens is 2. The van der Waals surface area contributed by atoms with Gasteiger partial charge in [-0.15, -0.1) is 11.6 Å². The third-order valence-electron chi connectivity index (χ3n) is 3.10. The lowest BCUT2D eigenvalue weighted by Gasteiger charge is -2.10. The van der Waals surface area contributed by atoms with Gasteiger partial charge in [-0.3, -0.25) is 0 Å². The Kier molecular flexibility index (Phi) is 5.08. The number of ether oxygens (including phenoxy) is 1. The number of hydrogen-bond donors (Lipinski definition) is 0. The molecule has 0 spiro atoms. The van der Waals surface area contributed by atoms with E-state index in [1.165, 1.54) is 0 Å². The Morgan fingerprint density at radius 2 is 2.16 bits per heavy atom. The van der Waals surface area contributed by atoms with E-state index in [4.69, 9.17) is 27.9 Å². The summed E-state index contributed by atoms with van der Waals surface area (Å²) in [5.74, 6) is 0.877. The van der Waals surface area contributed by atoms with Gasteiger partial charge < -0.3 is 9.30 Å². The fourth-order valence-electron chi connectivity index (χ4n) is 2.19. The van der Waals surface area contributed by atoms with Crippen LogP contribution in [0.4, 0.5) is 0 Å². The first-order chi connectivity index (χ1) is 9.15. The Morgan fingerprint density at radius 1 is 1.37 bits per heavy atom. The molecule has 0 aliphatic carbocycles. The molecule has 0 aliphatic heterocycles. The van der Waals surface area contributed by atoms with Crippen LogP contribution in [0.5, 0.6) is 0 Å². The highest BCUT2D eigenvalue weighted by atomic mass is 35.5. The molecule has 1 unspecified atom stereocenters. The van der Waals surface area contributed by atoms with Crippen molar-refractivity contribution in [1.82, 2.24) is 9.55 Å². The molecule has 0 fully saturated rings. The highest BCUT2D eigenvalue weighted by Gasteiger charge is 2.16. The summed E-state index contributed by atoms with van der Waals surface area (Å²) in [4.78, 5) is 4.58. The number of para-hydroxylation sites is 1. The van der Waals surface area contributed by atoms with Gasteiger partial charge in [0.15, 0.2) is 0 Å². The van der Waals surface area contributed by atoms with Crippen molar-refractivity contribution in [1.29, 1.82) is 0 Å². The van der Waals surface area contributed by atoms with Gasteiger partial charge in [0.25, 0.3) is 0 Å². The Morgan fingerprint density at radius 3 is 2.84 bits per heavy atom. The second kappa shape index (κ2) is 6.60. The standard InChI is InChI=1S/C14H18Cl2N2O/c1-10(15)14-17-13-11(16)6-5-7-12(13)18(14)8-3-4-9-19-2/h5-7,10H,3-4,8-9H2,1-2H3. The molecular formula is C14H18Cl2N2O. The van der Waals surface area contributed by atoms with Gasteiger partial charge in [-0.1, -0.05) is 17.7 Å². The number of benzene rings is 1. The fourth-order valence-corrected chi connectivity index (χ4v) is 2.56. The van der Waals surface area contributed by atoms with E-state index in [0.29, 0.717) is 5.02 Å². The molecule has 0 aliphatic rings. The highest BCUT2D eigenvalue weighted by molar-refractivity contribution is 6.35. The third kappa shape index (κ3) is 3.22. The summed E-state index contributed by atoms with van der Waals surface area (Å²) in [7, 11) is 1.72. The molecule has 1 atom stereocenters. The number of fused-ring (bicyclic) bond motifs is 1. The molecule has 5 heteroatoms. The van der Waals surface area contributed by atoms with Crippen LogP contribution in [-0.2, 0) is 11.3 Å². The summed E-state index contributed by atoms with van der Waals surface area (Å²) >= 11 is 12.4. The minimum absolute atomic E-state index is 0.133. The van der Waals surface area contributed by atoms with Crippen molar-refractivity contribution < 1.29 is 4.74 Å². The van der Waals surface area contributed by atoms with E-state index in [-0.39, 0.29) is 5.38 Å². The summed E-state index contributed by atoms with van der Waals surface area (Å²) in [6, 6.07) is 5.84. The molecule has 1 aromatic heterocycles. The van der Waals surface area contributed by atoms with Crippen molar-refractivity contribution in [3.05, 3.63) is 29.0 Å². The maximum atomic E-state index is 6.22. The maximum Gasteiger partial charge on any atom is 0.127 e. The van der Waals surface area contributed by atoms with E-state index in [1.54, 1.807) is 7.11 Å². The van der Waals surface area contributed by atoms with Crippen molar-refractivity contribution >= 4 is 34.2 Å². The largest absolute Gasteiger partial charge is 0.385 e. The van der Waals surface area contributed by atoms with E-state index in [0.717, 1.165) is 42.9 Å². The summed E-state index contributed by atoms with van der Waals surface area (Å²) in [6.45, 7) is 3.59. The molecule has 0 saturated carbocycles. The van der Waals surface area contributed by atoms with Gasteiger partial charge in [0, 0.05) is 20.3 Å². The zero-order chi connectivity index (χ0) is 13.8. The van der Waals surface area contributed by atoms with Gasteiger partial charge in [0.05, 0.1) is 15.9 Å². The summed E-state index contributed by atoms with van der Waals surface area (Å²) in [5.41, 5.74) is 1.88. The normalized spacial score (nSPS) is 13.1. The Hall–Kier alpha value is -0.770. The topological polar surface area (TPSA) is 27.1 Å². The van der Waals surface area contributed by atoms with Crippen LogP contribution < -0.4 is 0 Å². The monoisotopic (exact) mass is 300 g/mol. The summed E-state index contributed by atoms with van der Waals surface area (Å²) in [6.07, 6.45) is 2.05. The first-order valence-electron chi connectivity index (χ1n) is 6.42. The van der Waals surface area contributed by atoms with E-state index in [2.05, 4.69) is 9.55 Å². The molecule has 0 amide bonds. The molecule has 0 bridgehead atoms. The molecule has 1 aromatic carbocycles. The molecular weight excluding hydrogens is 283 g/mol. The number of imidazole rings is 1. The predicted octanol–water partition coefficient (Wildman–Crippen LogP) is 4.42. The first-order valence-corrected chi connectivity index (χ1v) is 7.24. The number of alkyl halides is 1. The van der Waals surface area contributed by atoms with Crippen molar-refractivity contribution in [2.75, 3.05) is 13.7 Å². The van der Waals surface area contributed by atoms with Crippen LogP contribution in [0, 0.1) is 0 Å². The number of hydrogen-bond acceptors (Lipinski definition) is 2. The lowest BCUT2D eigenvalue weighted by atomic mass is 10.3. The Labute approximate surface area is 123 Å². The maximum absolute atomic E-state index is 6.22. The lowest BCUT2D eigenvalue weighted by molar-refractivity contribution is 0.191. The van der Waals surface area contributed by atoms with Gasteiger partial charge in [0.2, 0.25) is 0 Å². The van der Waals surface area contributed by atoms with Gasteiger partial charge in [-0.05, 0) is 31.9 Å². The molecule has 0 saturated heterocycles. The minimum atomic E-state index is -0.133. The first kappa shape index (κ1) is 14.6. The lowest BCUT2D eigenvalue weighted by Crippen LogP contribution is -2.05. The van der Waals surface area contributed by atoms with Crippen molar-refractivity contribution in [3.8, 4) is 0 Å². The second-order valence-corrected chi connectivity index (χ2v) is 5.61. The number of unbranched alkanes of at least 4 members (excludes halogenated alkanes) is 1. The molecule has 0 radical (unpaired) electrons. The van der Waals surface area contributed by atoms with Crippen molar-refractivity contribution in [2.24, 2.45) is 0 Å². The van der Waals surface area contributed by atoms with Crippen LogP contribution in [0.15, 0.2) is 18.2 Å². The average Bonchev–Trinajstić information content (AvgIpc) is 2.75. The molecule has 1 heterocycles. The van der Waals surface area contributed by atoms with Crippen LogP contribution in [0.25, 0.3) is 11.0 Å². The van der Waals surface area contributed by atoms with Crippen molar-refractivity contribution in [3.63, 3.8) is 0 Å². The third-order valence-corrected chi connectivity index (χ3v) is 3.60. The van der Waals surface area contributed by atoms with Gasteiger partial charge in [0.1, 0.15) is 11.3 Å². The van der Waals surface area contributed by atoms with Crippen LogP contribution in [0.1, 0.15) is 31.0 Å². The zero-order valence-electron chi connectivity index (χ0n) is 11.2. The molecule has 104 valence electrons. The fraction of sp³-hybridized carbons (Fsp3) is 0.500. The second-order valence-electron chi connectivity index (χ2n) is 4.55. The summed E-state index contributed by atoms with van der Waals surface area (Å²) < 4.78 is 7.23. The number of rotatable bonds is 6. The number of nitrogens with zero attached hydrogens (tertiary/aromatic N) is 2. The SMILES string of the molecule is COCCCCn1c(C(C)Cl)nc2c(Cl)cccc21. The van der Waals surface area contributed by atoms with Crippen LogP contribution in [0.3, 0.4) is 0 Å². The van der Waals surface area contributed by atoms with E-state index in [9.17, 15) is 0 Å². The van der Waals surface area contributed by atoms with Crippen molar-refractivity contribution in [2.45, 2.75) is 31.7 Å². The molecule has 2 rings (SSSR count). The van der Waals surface area contributed by atoms with E-state index < -0.39 is 0 Å². The molecule has 2 aromatic rings. The number of methoxy groups -OCH3 is 1. The molecule has 3 nitrogen and oxygen atoms in total. The Balaban J connectivity index is 2.33. The summed E-state index contributed by atoms with van der Waals surface area (Å²) in [5, 5.41) is 0.539. The Bertz CT molecular complexity index is 552. The van der Waals surface area contributed by atoms with Crippen LogP contribution >= 0.6 is 23.2 Å². The average molecular weight is 301 g/mol. The quantitative estimate of drug-likeness (QED) is 0.583. The zero-order valence-corrected chi connectivity index (χ0v) is 12.7. The molecule has 0 N–H and O–H groups in total. The predicted molar refractivity (Wildman–Crippen MR) is 80.1 cm³/mol. The highest BCUT2D eigenvalue weighted by Crippen LogP contribution is 2.29. The number of aryl methyl sites for hydroxylation is 1. The van der Waals surface area contributed by atoms with Crippen LogP contribution in [-0.4, -0.2) is 23.3 Å². The van der Waals surface area contributed by atoms with E-state index in [1.807, 2.05) is 25.1 Å². The van der Waals surface area contributed by atoms with Gasteiger partial charge >= 0.3 is 0 Å². The van der Waals surface area contributed by atoms with Crippen LogP contribution in [0.2, 0.25) is 5.02 Å².